The lowest BCUT2D eigenvalue weighted by Gasteiger charge is -2.21. The fourth-order valence-electron chi connectivity index (χ4n) is 4.04. The first-order chi connectivity index (χ1) is 13.4. The van der Waals surface area contributed by atoms with Crippen LogP contribution in [0.15, 0.2) is 23.7 Å². The molecule has 2 aliphatic rings. The van der Waals surface area contributed by atoms with Crippen LogP contribution in [0.25, 0.3) is 16.5 Å². The Bertz CT molecular complexity index is 1070. The fourth-order valence-corrected chi connectivity index (χ4v) is 6.54. The Morgan fingerprint density at radius 1 is 1.29 bits per heavy atom. The molecule has 0 bridgehead atoms. The van der Waals surface area contributed by atoms with Gasteiger partial charge in [-0.2, -0.15) is 0 Å². The number of H-pyrrole nitrogens is 1. The highest BCUT2D eigenvalue weighted by molar-refractivity contribution is 8.03. The summed E-state index contributed by atoms with van der Waals surface area (Å²) in [5.74, 6) is 0.301. The van der Waals surface area contributed by atoms with Crippen molar-refractivity contribution >= 4 is 50.3 Å². The van der Waals surface area contributed by atoms with E-state index in [4.69, 9.17) is 5.73 Å². The quantitative estimate of drug-likeness (QED) is 0.726. The number of primary amides is 1. The van der Waals surface area contributed by atoms with Crippen molar-refractivity contribution in [2.24, 2.45) is 11.7 Å². The molecular weight excluding hydrogens is 396 g/mol. The Morgan fingerprint density at radius 3 is 2.68 bits per heavy atom. The molecule has 1 aromatic carbocycles. The van der Waals surface area contributed by atoms with Crippen molar-refractivity contribution in [2.75, 3.05) is 11.5 Å². The molecule has 8 heteroatoms. The van der Waals surface area contributed by atoms with E-state index in [9.17, 15) is 18.0 Å². The van der Waals surface area contributed by atoms with Gasteiger partial charge < -0.3 is 15.5 Å². The number of aldehydes is 1. The third-order valence-electron chi connectivity index (χ3n) is 5.65. The number of amides is 1. The molecule has 0 radical (unpaired) electrons. The van der Waals surface area contributed by atoms with Gasteiger partial charge in [-0.15, -0.1) is 11.8 Å². The minimum absolute atomic E-state index is 0.0855. The topological polar surface area (TPSA) is 110 Å². The van der Waals surface area contributed by atoms with Gasteiger partial charge in [0.2, 0.25) is 0 Å². The Kier molecular flexibility index (Phi) is 5.09. The second kappa shape index (κ2) is 7.40. The van der Waals surface area contributed by atoms with Gasteiger partial charge in [0.05, 0.1) is 27.8 Å². The van der Waals surface area contributed by atoms with Gasteiger partial charge >= 0.3 is 0 Å². The standard InChI is InChI=1S/C20H22N2O4S2/c21-20(24)18-8-13(15-6-16(10-23)27-11-15)7-17-14(9-22-19(17)18)5-12-1-3-28(25,26)4-2-12/h7-12,16,22H,1-6H2,(H2,21,24). The summed E-state index contributed by atoms with van der Waals surface area (Å²) in [7, 11) is -2.89. The van der Waals surface area contributed by atoms with E-state index in [2.05, 4.69) is 4.98 Å². The smallest absolute Gasteiger partial charge is 0.250 e. The van der Waals surface area contributed by atoms with Crippen LogP contribution in [0.4, 0.5) is 0 Å². The van der Waals surface area contributed by atoms with E-state index in [0.29, 0.717) is 36.3 Å². The maximum atomic E-state index is 12.0. The van der Waals surface area contributed by atoms with Crippen molar-refractivity contribution in [1.82, 2.24) is 4.98 Å². The fraction of sp³-hybridized carbons (Fsp3) is 0.400. The highest BCUT2D eigenvalue weighted by Crippen LogP contribution is 2.38. The van der Waals surface area contributed by atoms with E-state index in [1.807, 2.05) is 17.7 Å². The van der Waals surface area contributed by atoms with Gasteiger partial charge in [0, 0.05) is 11.6 Å². The molecule has 1 fully saturated rings. The predicted molar refractivity (Wildman–Crippen MR) is 112 cm³/mol. The lowest BCUT2D eigenvalue weighted by molar-refractivity contribution is -0.107. The number of aromatic nitrogens is 1. The average molecular weight is 419 g/mol. The Labute approximate surface area is 167 Å². The van der Waals surface area contributed by atoms with Crippen LogP contribution >= 0.6 is 11.8 Å². The van der Waals surface area contributed by atoms with Gasteiger partial charge in [-0.1, -0.05) is 0 Å². The largest absolute Gasteiger partial charge is 0.366 e. The summed E-state index contributed by atoms with van der Waals surface area (Å²) in [6, 6.07) is 3.84. The number of fused-ring (bicyclic) bond motifs is 1. The minimum Gasteiger partial charge on any atom is -0.366 e. The van der Waals surface area contributed by atoms with Crippen LogP contribution in [-0.2, 0) is 21.1 Å². The molecule has 0 saturated carbocycles. The Hall–Kier alpha value is -2.06. The number of thioether (sulfide) groups is 1. The molecule has 1 unspecified atom stereocenters. The van der Waals surface area contributed by atoms with E-state index in [1.165, 1.54) is 11.8 Å². The lowest BCUT2D eigenvalue weighted by Crippen LogP contribution is -2.24. The van der Waals surface area contributed by atoms with Crippen LogP contribution in [0.5, 0.6) is 0 Å². The molecule has 3 N–H and O–H groups in total. The number of nitrogens with two attached hydrogens (primary N) is 1. The highest BCUT2D eigenvalue weighted by Gasteiger charge is 2.25. The molecule has 1 aromatic heterocycles. The van der Waals surface area contributed by atoms with Crippen LogP contribution in [0, 0.1) is 5.92 Å². The molecule has 1 amide bonds. The van der Waals surface area contributed by atoms with Crippen LogP contribution in [0.3, 0.4) is 0 Å². The zero-order valence-corrected chi connectivity index (χ0v) is 16.9. The van der Waals surface area contributed by atoms with Gasteiger partial charge in [-0.25, -0.2) is 8.42 Å². The summed E-state index contributed by atoms with van der Waals surface area (Å²) >= 11 is 1.49. The first kappa shape index (κ1) is 19.3. The number of carbonyl (C=O) groups excluding carboxylic acids is 2. The van der Waals surface area contributed by atoms with Crippen LogP contribution in [-0.4, -0.2) is 42.4 Å². The number of carbonyl (C=O) groups is 2. The van der Waals surface area contributed by atoms with E-state index in [1.54, 1.807) is 6.07 Å². The van der Waals surface area contributed by atoms with E-state index >= 15 is 0 Å². The summed E-state index contributed by atoms with van der Waals surface area (Å²) in [6.45, 7) is 0. The molecule has 0 aliphatic carbocycles. The second-order valence-electron chi connectivity index (χ2n) is 7.58. The molecular formula is C20H22N2O4S2. The number of rotatable bonds is 5. The van der Waals surface area contributed by atoms with E-state index in [-0.39, 0.29) is 16.8 Å². The predicted octanol–water partition coefficient (Wildman–Crippen LogP) is 2.68. The summed E-state index contributed by atoms with van der Waals surface area (Å²) in [5.41, 5.74) is 9.78. The van der Waals surface area contributed by atoms with Gasteiger partial charge in [-0.05, 0) is 65.8 Å². The molecule has 28 heavy (non-hydrogen) atoms. The number of sulfone groups is 1. The second-order valence-corrected chi connectivity index (χ2v) is 11.0. The van der Waals surface area contributed by atoms with E-state index in [0.717, 1.165) is 34.8 Å². The van der Waals surface area contributed by atoms with Crippen molar-refractivity contribution in [3.05, 3.63) is 40.4 Å². The number of aromatic amines is 1. The maximum absolute atomic E-state index is 12.0. The van der Waals surface area contributed by atoms with Crippen molar-refractivity contribution < 1.29 is 18.0 Å². The van der Waals surface area contributed by atoms with Gasteiger partial charge in [0.1, 0.15) is 16.1 Å². The third-order valence-corrected chi connectivity index (χ3v) is 8.42. The van der Waals surface area contributed by atoms with Crippen molar-refractivity contribution in [3.63, 3.8) is 0 Å². The van der Waals surface area contributed by atoms with Gasteiger partial charge in [0.15, 0.2) is 0 Å². The monoisotopic (exact) mass is 418 g/mol. The number of nitrogens with one attached hydrogen (secondary N) is 1. The highest BCUT2D eigenvalue weighted by atomic mass is 32.2. The third kappa shape index (κ3) is 3.75. The van der Waals surface area contributed by atoms with Gasteiger partial charge in [0.25, 0.3) is 5.91 Å². The summed E-state index contributed by atoms with van der Waals surface area (Å²) in [4.78, 5) is 26.3. The molecule has 1 atom stereocenters. The zero-order chi connectivity index (χ0) is 19.9. The summed E-state index contributed by atoms with van der Waals surface area (Å²) < 4.78 is 23.4. The van der Waals surface area contributed by atoms with Crippen molar-refractivity contribution in [2.45, 2.75) is 30.9 Å². The lowest BCUT2D eigenvalue weighted by atomic mass is 9.92. The first-order valence-corrected chi connectivity index (χ1v) is 12.1. The summed E-state index contributed by atoms with van der Waals surface area (Å²) in [6.07, 6.45) is 5.58. The molecule has 0 spiro atoms. The SMILES string of the molecule is NC(=O)c1cc(C2=CSC(C=O)C2)cc2c(CC3CCS(=O)(=O)CC3)c[nH]c12. The molecule has 1 saturated heterocycles. The van der Waals surface area contributed by atoms with E-state index < -0.39 is 15.7 Å². The van der Waals surface area contributed by atoms with Crippen molar-refractivity contribution in [3.8, 4) is 0 Å². The number of hydrogen-bond donors (Lipinski definition) is 2. The van der Waals surface area contributed by atoms with Crippen molar-refractivity contribution in [1.29, 1.82) is 0 Å². The normalized spacial score (nSPS) is 22.3. The maximum Gasteiger partial charge on any atom is 0.250 e. The molecule has 2 aliphatic heterocycles. The zero-order valence-electron chi connectivity index (χ0n) is 15.3. The molecule has 2 aromatic rings. The van der Waals surface area contributed by atoms with Crippen LogP contribution in [0.1, 0.15) is 40.7 Å². The Balaban J connectivity index is 1.69. The number of benzene rings is 1. The summed E-state index contributed by atoms with van der Waals surface area (Å²) in [5, 5.41) is 2.83. The van der Waals surface area contributed by atoms with Crippen LogP contribution in [0.2, 0.25) is 0 Å². The van der Waals surface area contributed by atoms with Crippen LogP contribution < -0.4 is 5.73 Å². The number of hydrogen-bond acceptors (Lipinski definition) is 5. The Morgan fingerprint density at radius 2 is 2.04 bits per heavy atom. The minimum atomic E-state index is -2.89. The molecule has 4 rings (SSSR count). The molecule has 148 valence electrons. The average Bonchev–Trinajstić information content (AvgIpc) is 3.30. The van der Waals surface area contributed by atoms with Gasteiger partial charge in [-0.3, -0.25) is 4.79 Å². The molecule has 6 nitrogen and oxygen atoms in total. The number of allylic oxidation sites excluding steroid dienone is 1. The first-order valence-electron chi connectivity index (χ1n) is 9.30. The molecule has 3 heterocycles.